The highest BCUT2D eigenvalue weighted by atomic mass is 16.2. The minimum atomic E-state index is 0.266. The van der Waals surface area contributed by atoms with Gasteiger partial charge in [0.2, 0.25) is 5.91 Å². The van der Waals surface area contributed by atoms with Gasteiger partial charge in [-0.05, 0) is 6.42 Å². The van der Waals surface area contributed by atoms with E-state index in [1.54, 1.807) is 4.90 Å². The van der Waals surface area contributed by atoms with E-state index in [0.717, 1.165) is 19.5 Å². The van der Waals surface area contributed by atoms with Crippen LogP contribution in [0.5, 0.6) is 0 Å². The van der Waals surface area contributed by atoms with E-state index >= 15 is 0 Å². The van der Waals surface area contributed by atoms with Gasteiger partial charge in [0.25, 0.3) is 0 Å². The van der Waals surface area contributed by atoms with E-state index < -0.39 is 0 Å². The van der Waals surface area contributed by atoms with Gasteiger partial charge in [-0.15, -0.1) is 0 Å². The summed E-state index contributed by atoms with van der Waals surface area (Å²) in [5.74, 6) is 0.266. The number of rotatable bonds is 1. The minimum absolute atomic E-state index is 0.266. The van der Waals surface area contributed by atoms with E-state index in [1.807, 2.05) is 7.05 Å². The van der Waals surface area contributed by atoms with E-state index in [4.69, 9.17) is 0 Å². The zero-order chi connectivity index (χ0) is 8.27. The molecule has 0 spiro atoms. The average Bonchev–Trinajstić information content (AvgIpc) is 2.15. The van der Waals surface area contributed by atoms with Crippen LogP contribution in [0.25, 0.3) is 0 Å². The molecule has 0 aromatic heterocycles. The van der Waals surface area contributed by atoms with Crippen LogP contribution in [0, 0.1) is 0 Å². The SMILES string of the molecule is CC[C@@H]1CC(=O)N(C)CCN1. The van der Waals surface area contributed by atoms with E-state index in [1.165, 1.54) is 0 Å². The van der Waals surface area contributed by atoms with Crippen LogP contribution in [-0.2, 0) is 4.79 Å². The molecule has 0 aromatic carbocycles. The molecule has 1 N–H and O–H groups in total. The molecule has 1 heterocycles. The second kappa shape index (κ2) is 3.72. The van der Waals surface area contributed by atoms with E-state index in [2.05, 4.69) is 12.2 Å². The Balaban J connectivity index is 2.48. The van der Waals surface area contributed by atoms with Crippen LogP contribution >= 0.6 is 0 Å². The summed E-state index contributed by atoms with van der Waals surface area (Å²) in [6.45, 7) is 3.88. The Morgan fingerprint density at radius 1 is 1.73 bits per heavy atom. The molecule has 64 valence electrons. The fraction of sp³-hybridized carbons (Fsp3) is 0.875. The number of likely N-dealkylation sites (N-methyl/N-ethyl adjacent to an activating group) is 1. The summed E-state index contributed by atoms with van der Waals surface area (Å²) in [6.07, 6.45) is 1.70. The molecule has 11 heavy (non-hydrogen) atoms. The van der Waals surface area contributed by atoms with Gasteiger partial charge < -0.3 is 10.2 Å². The number of hydrogen-bond acceptors (Lipinski definition) is 2. The van der Waals surface area contributed by atoms with Gasteiger partial charge in [0.15, 0.2) is 0 Å². The maximum Gasteiger partial charge on any atom is 0.223 e. The van der Waals surface area contributed by atoms with Crippen molar-refractivity contribution >= 4 is 5.91 Å². The molecule has 1 fully saturated rings. The highest BCUT2D eigenvalue weighted by Crippen LogP contribution is 2.03. The summed E-state index contributed by atoms with van der Waals surface area (Å²) in [5.41, 5.74) is 0. The van der Waals surface area contributed by atoms with Crippen LogP contribution in [0.4, 0.5) is 0 Å². The lowest BCUT2D eigenvalue weighted by Crippen LogP contribution is -2.29. The molecule has 1 saturated heterocycles. The Bertz CT molecular complexity index is 147. The summed E-state index contributed by atoms with van der Waals surface area (Å²) >= 11 is 0. The molecule has 0 radical (unpaired) electrons. The Morgan fingerprint density at radius 3 is 3.09 bits per heavy atom. The van der Waals surface area contributed by atoms with Gasteiger partial charge in [-0.2, -0.15) is 0 Å². The largest absolute Gasteiger partial charge is 0.344 e. The molecule has 0 aromatic rings. The first kappa shape index (κ1) is 8.53. The van der Waals surface area contributed by atoms with Crippen molar-refractivity contribution in [1.82, 2.24) is 10.2 Å². The molecule has 0 saturated carbocycles. The second-order valence-corrected chi connectivity index (χ2v) is 3.08. The van der Waals surface area contributed by atoms with Gasteiger partial charge in [-0.25, -0.2) is 0 Å². The molecule has 1 rings (SSSR count). The lowest BCUT2D eigenvalue weighted by Gasteiger charge is -2.12. The summed E-state index contributed by atoms with van der Waals surface area (Å²) in [6, 6.07) is 0.396. The number of nitrogens with one attached hydrogen (secondary N) is 1. The standard InChI is InChI=1S/C8H16N2O/c1-3-7-6-8(11)10(2)5-4-9-7/h7,9H,3-6H2,1-2H3/t7-/m1/s1. The predicted octanol–water partition coefficient (Wildman–Crippen LogP) is 0.217. The topological polar surface area (TPSA) is 32.3 Å². The molecular weight excluding hydrogens is 140 g/mol. The summed E-state index contributed by atoms with van der Waals surface area (Å²) in [5, 5.41) is 3.33. The Hall–Kier alpha value is -0.570. The number of carbonyl (C=O) groups excluding carboxylic acids is 1. The Morgan fingerprint density at radius 2 is 2.45 bits per heavy atom. The molecule has 1 aliphatic rings. The summed E-state index contributed by atoms with van der Waals surface area (Å²) in [4.78, 5) is 13.1. The molecule has 0 bridgehead atoms. The molecule has 1 atom stereocenters. The van der Waals surface area contributed by atoms with Gasteiger partial charge in [0.05, 0.1) is 0 Å². The van der Waals surface area contributed by atoms with Gasteiger partial charge >= 0.3 is 0 Å². The van der Waals surface area contributed by atoms with E-state index in [9.17, 15) is 4.79 Å². The van der Waals surface area contributed by atoms with Crippen molar-refractivity contribution in [3.8, 4) is 0 Å². The molecular formula is C8H16N2O. The number of nitrogens with zero attached hydrogens (tertiary/aromatic N) is 1. The van der Waals surface area contributed by atoms with Gasteiger partial charge in [0, 0.05) is 32.6 Å². The molecule has 3 heteroatoms. The van der Waals surface area contributed by atoms with E-state index in [-0.39, 0.29) is 5.91 Å². The first-order valence-corrected chi connectivity index (χ1v) is 4.21. The van der Waals surface area contributed by atoms with Crippen LogP contribution in [-0.4, -0.2) is 37.0 Å². The lowest BCUT2D eigenvalue weighted by molar-refractivity contribution is -0.129. The smallest absolute Gasteiger partial charge is 0.223 e. The zero-order valence-corrected chi connectivity index (χ0v) is 7.26. The van der Waals surface area contributed by atoms with E-state index in [0.29, 0.717) is 12.5 Å². The molecule has 1 aliphatic heterocycles. The maximum absolute atomic E-state index is 11.3. The van der Waals surface area contributed by atoms with Crippen molar-refractivity contribution in [2.45, 2.75) is 25.8 Å². The molecule has 1 amide bonds. The van der Waals surface area contributed by atoms with Crippen LogP contribution in [0.2, 0.25) is 0 Å². The van der Waals surface area contributed by atoms with Crippen LogP contribution < -0.4 is 5.32 Å². The fourth-order valence-corrected chi connectivity index (χ4v) is 1.29. The van der Waals surface area contributed by atoms with Crippen molar-refractivity contribution in [2.75, 3.05) is 20.1 Å². The maximum atomic E-state index is 11.3. The van der Waals surface area contributed by atoms with Crippen molar-refractivity contribution < 1.29 is 4.79 Å². The van der Waals surface area contributed by atoms with Crippen molar-refractivity contribution in [2.24, 2.45) is 0 Å². The molecule has 3 nitrogen and oxygen atoms in total. The quantitative estimate of drug-likeness (QED) is 0.589. The zero-order valence-electron chi connectivity index (χ0n) is 7.26. The highest BCUT2D eigenvalue weighted by Gasteiger charge is 2.18. The minimum Gasteiger partial charge on any atom is -0.344 e. The number of carbonyl (C=O) groups is 1. The van der Waals surface area contributed by atoms with Crippen molar-refractivity contribution in [3.63, 3.8) is 0 Å². The van der Waals surface area contributed by atoms with Crippen LogP contribution in [0.15, 0.2) is 0 Å². The predicted molar refractivity (Wildman–Crippen MR) is 44.3 cm³/mol. The van der Waals surface area contributed by atoms with Crippen LogP contribution in [0.3, 0.4) is 0 Å². The fourth-order valence-electron chi connectivity index (χ4n) is 1.29. The third-order valence-corrected chi connectivity index (χ3v) is 2.22. The Labute approximate surface area is 67.8 Å². The monoisotopic (exact) mass is 156 g/mol. The number of hydrogen-bond donors (Lipinski definition) is 1. The van der Waals surface area contributed by atoms with Crippen LogP contribution in [0.1, 0.15) is 19.8 Å². The highest BCUT2D eigenvalue weighted by molar-refractivity contribution is 5.76. The van der Waals surface area contributed by atoms with Crippen molar-refractivity contribution in [1.29, 1.82) is 0 Å². The number of amides is 1. The van der Waals surface area contributed by atoms with Gasteiger partial charge in [-0.1, -0.05) is 6.92 Å². The first-order valence-electron chi connectivity index (χ1n) is 4.21. The normalized spacial score (nSPS) is 26.9. The van der Waals surface area contributed by atoms with Crippen molar-refractivity contribution in [3.05, 3.63) is 0 Å². The third-order valence-electron chi connectivity index (χ3n) is 2.22. The Kier molecular flexibility index (Phi) is 2.88. The van der Waals surface area contributed by atoms with Gasteiger partial charge in [0.1, 0.15) is 0 Å². The third kappa shape index (κ3) is 2.19. The second-order valence-electron chi connectivity index (χ2n) is 3.08. The molecule has 0 unspecified atom stereocenters. The first-order chi connectivity index (χ1) is 5.24. The summed E-state index contributed by atoms with van der Waals surface area (Å²) in [7, 11) is 1.86. The van der Waals surface area contributed by atoms with Gasteiger partial charge in [-0.3, -0.25) is 4.79 Å². The molecule has 0 aliphatic carbocycles. The summed E-state index contributed by atoms with van der Waals surface area (Å²) < 4.78 is 0. The average molecular weight is 156 g/mol. The lowest BCUT2D eigenvalue weighted by atomic mass is 10.1.